The minimum Gasteiger partial charge on any atom is -0.467 e. The van der Waals surface area contributed by atoms with Crippen molar-refractivity contribution in [2.75, 3.05) is 38.2 Å². The van der Waals surface area contributed by atoms with Gasteiger partial charge in [0.1, 0.15) is 17.0 Å². The Morgan fingerprint density at radius 3 is 2.58 bits per heavy atom. The van der Waals surface area contributed by atoms with Crippen molar-refractivity contribution in [2.24, 2.45) is 0 Å². The van der Waals surface area contributed by atoms with Gasteiger partial charge in [0.15, 0.2) is 6.04 Å². The van der Waals surface area contributed by atoms with Gasteiger partial charge in [0.2, 0.25) is 0 Å². The van der Waals surface area contributed by atoms with Gasteiger partial charge in [0, 0.05) is 31.1 Å². The van der Waals surface area contributed by atoms with Crippen molar-refractivity contribution in [3.63, 3.8) is 0 Å². The van der Waals surface area contributed by atoms with Crippen LogP contribution in [0.5, 0.6) is 0 Å². The van der Waals surface area contributed by atoms with Gasteiger partial charge in [0.05, 0.1) is 12.5 Å². The molecule has 1 aliphatic heterocycles. The molecule has 1 aliphatic rings. The Bertz CT molecular complexity index is 1060. The second kappa shape index (κ2) is 9.30. The number of amides is 2. The fourth-order valence-electron chi connectivity index (χ4n) is 3.70. The first-order valence-corrected chi connectivity index (χ1v) is 11.1. The fourth-order valence-corrected chi connectivity index (χ4v) is 4.63. The van der Waals surface area contributed by atoms with Crippen LogP contribution < -0.4 is 10.2 Å². The van der Waals surface area contributed by atoms with Crippen molar-refractivity contribution < 1.29 is 14.3 Å². The molecule has 0 radical (unpaired) electrons. The number of hydrogen-bond donors (Lipinski definition) is 1. The number of ether oxygens (including phenoxy) is 1. The quantitative estimate of drug-likeness (QED) is 0.615. The fraction of sp³-hybridized carbons (Fsp3) is 0.364. The predicted octanol–water partition coefficient (Wildman–Crippen LogP) is 3.00. The highest BCUT2D eigenvalue weighted by atomic mass is 32.1. The predicted molar refractivity (Wildman–Crippen MR) is 120 cm³/mol. The van der Waals surface area contributed by atoms with E-state index in [1.165, 1.54) is 12.0 Å². The van der Waals surface area contributed by atoms with Crippen LogP contribution in [0.4, 0.5) is 10.6 Å². The van der Waals surface area contributed by atoms with Crippen LogP contribution >= 0.6 is 11.3 Å². The summed E-state index contributed by atoms with van der Waals surface area (Å²) in [5.74, 6) is 0.420. The SMILES string of the molecule is CCc1cc2c(N3CCN(C(=O)N[C@H](C(=O)OC)c4ccccc4)CC3)ncnc2s1. The highest BCUT2D eigenvalue weighted by Gasteiger charge is 2.28. The van der Waals surface area contributed by atoms with Crippen LogP contribution in [0.25, 0.3) is 10.2 Å². The first-order chi connectivity index (χ1) is 15.1. The number of nitrogens with zero attached hydrogens (tertiary/aromatic N) is 4. The number of carbonyl (C=O) groups is 2. The van der Waals surface area contributed by atoms with Gasteiger partial charge in [-0.15, -0.1) is 11.3 Å². The molecule has 1 saturated heterocycles. The molecule has 8 nitrogen and oxygen atoms in total. The van der Waals surface area contributed by atoms with E-state index in [0.29, 0.717) is 31.7 Å². The lowest BCUT2D eigenvalue weighted by Crippen LogP contribution is -2.53. The number of rotatable bonds is 5. The van der Waals surface area contributed by atoms with Crippen LogP contribution in [0.3, 0.4) is 0 Å². The monoisotopic (exact) mass is 439 g/mol. The normalized spacial score (nSPS) is 15.0. The molecule has 2 amide bonds. The third-order valence-electron chi connectivity index (χ3n) is 5.41. The zero-order valence-corrected chi connectivity index (χ0v) is 18.4. The molecular weight excluding hydrogens is 414 g/mol. The summed E-state index contributed by atoms with van der Waals surface area (Å²) >= 11 is 1.69. The topological polar surface area (TPSA) is 87.7 Å². The number of urea groups is 1. The molecule has 1 fully saturated rings. The third-order valence-corrected chi connectivity index (χ3v) is 6.60. The van der Waals surface area contributed by atoms with E-state index >= 15 is 0 Å². The maximum atomic E-state index is 12.9. The Kier molecular flexibility index (Phi) is 6.31. The van der Waals surface area contributed by atoms with Crippen LogP contribution in [0, 0.1) is 0 Å². The molecule has 0 unspecified atom stereocenters. The van der Waals surface area contributed by atoms with Crippen molar-refractivity contribution in [2.45, 2.75) is 19.4 Å². The van der Waals surface area contributed by atoms with E-state index < -0.39 is 12.0 Å². The van der Waals surface area contributed by atoms with Gasteiger partial charge in [-0.25, -0.2) is 19.6 Å². The Hall–Kier alpha value is -3.20. The van der Waals surface area contributed by atoms with E-state index in [9.17, 15) is 9.59 Å². The number of anilines is 1. The zero-order chi connectivity index (χ0) is 21.8. The summed E-state index contributed by atoms with van der Waals surface area (Å²) in [6.45, 7) is 4.51. The Morgan fingerprint density at radius 2 is 1.90 bits per heavy atom. The number of aryl methyl sites for hydroxylation is 1. The lowest BCUT2D eigenvalue weighted by molar-refractivity contribution is -0.143. The molecule has 31 heavy (non-hydrogen) atoms. The Balaban J connectivity index is 1.43. The molecule has 162 valence electrons. The number of thiophene rings is 1. The molecule has 1 aromatic carbocycles. The lowest BCUT2D eigenvalue weighted by atomic mass is 10.1. The second-order valence-electron chi connectivity index (χ2n) is 7.27. The number of nitrogens with one attached hydrogen (secondary N) is 1. The van der Waals surface area contributed by atoms with Crippen LogP contribution in [0.15, 0.2) is 42.7 Å². The summed E-state index contributed by atoms with van der Waals surface area (Å²) in [6, 6.07) is 10.2. The number of fused-ring (bicyclic) bond motifs is 1. The van der Waals surface area contributed by atoms with Crippen molar-refractivity contribution >= 4 is 39.4 Å². The molecule has 4 rings (SSSR count). The molecule has 2 aromatic heterocycles. The summed E-state index contributed by atoms with van der Waals surface area (Å²) < 4.78 is 4.89. The maximum Gasteiger partial charge on any atom is 0.333 e. The van der Waals surface area contributed by atoms with Gasteiger partial charge in [-0.3, -0.25) is 0 Å². The lowest BCUT2D eigenvalue weighted by Gasteiger charge is -2.36. The average molecular weight is 440 g/mol. The molecule has 1 atom stereocenters. The molecule has 0 spiro atoms. The minimum atomic E-state index is -0.837. The molecule has 9 heteroatoms. The summed E-state index contributed by atoms with van der Waals surface area (Å²) in [4.78, 5) is 40.2. The first-order valence-electron chi connectivity index (χ1n) is 10.3. The van der Waals surface area contributed by atoms with E-state index in [0.717, 1.165) is 22.5 Å². The van der Waals surface area contributed by atoms with Crippen molar-refractivity contribution in [1.82, 2.24) is 20.2 Å². The van der Waals surface area contributed by atoms with Crippen LogP contribution in [0.1, 0.15) is 23.4 Å². The number of carbonyl (C=O) groups excluding carboxylic acids is 2. The second-order valence-corrected chi connectivity index (χ2v) is 8.39. The molecule has 0 bridgehead atoms. The molecule has 3 heterocycles. The molecule has 0 saturated carbocycles. The Labute approximate surface area is 184 Å². The van der Waals surface area contributed by atoms with Gasteiger partial charge in [-0.2, -0.15) is 0 Å². The number of esters is 1. The van der Waals surface area contributed by atoms with Crippen molar-refractivity contribution in [1.29, 1.82) is 0 Å². The first kappa shape index (κ1) is 21.0. The smallest absolute Gasteiger partial charge is 0.333 e. The highest BCUT2D eigenvalue weighted by molar-refractivity contribution is 7.18. The maximum absolute atomic E-state index is 12.9. The third kappa shape index (κ3) is 4.46. The number of piperazine rings is 1. The number of benzene rings is 1. The van der Waals surface area contributed by atoms with Gasteiger partial charge >= 0.3 is 12.0 Å². The van der Waals surface area contributed by atoms with Crippen molar-refractivity contribution in [3.8, 4) is 0 Å². The minimum absolute atomic E-state index is 0.282. The van der Waals surface area contributed by atoms with Crippen LogP contribution in [0.2, 0.25) is 0 Å². The van der Waals surface area contributed by atoms with E-state index in [1.54, 1.807) is 34.7 Å². The van der Waals surface area contributed by atoms with Crippen LogP contribution in [-0.4, -0.2) is 60.2 Å². The largest absolute Gasteiger partial charge is 0.467 e. The molecule has 3 aromatic rings. The van der Waals surface area contributed by atoms with Crippen LogP contribution in [-0.2, 0) is 16.0 Å². The van der Waals surface area contributed by atoms with Gasteiger partial charge < -0.3 is 19.9 Å². The average Bonchev–Trinajstić information content (AvgIpc) is 3.26. The molecule has 0 aliphatic carbocycles. The summed E-state index contributed by atoms with van der Waals surface area (Å²) in [5, 5.41) is 3.89. The summed E-state index contributed by atoms with van der Waals surface area (Å²) in [6.07, 6.45) is 2.57. The standard InChI is InChI=1S/C22H25N5O3S/c1-3-16-13-17-19(23-14-24-20(17)31-16)26-9-11-27(12-10-26)22(29)25-18(21(28)30-2)15-7-5-4-6-8-15/h4-8,13-14,18H,3,9-12H2,1-2H3,(H,25,29)/t18-/m0/s1. The van der Waals surface area contributed by atoms with Crippen molar-refractivity contribution in [3.05, 3.63) is 53.2 Å². The molecule has 1 N–H and O–H groups in total. The van der Waals surface area contributed by atoms with Gasteiger partial charge in [-0.1, -0.05) is 37.3 Å². The van der Waals surface area contributed by atoms with E-state index in [-0.39, 0.29) is 6.03 Å². The van der Waals surface area contributed by atoms with E-state index in [1.807, 2.05) is 18.2 Å². The van der Waals surface area contributed by atoms with Gasteiger partial charge in [-0.05, 0) is 18.1 Å². The Morgan fingerprint density at radius 1 is 1.16 bits per heavy atom. The zero-order valence-electron chi connectivity index (χ0n) is 17.6. The summed E-state index contributed by atoms with van der Waals surface area (Å²) in [7, 11) is 1.32. The number of hydrogen-bond acceptors (Lipinski definition) is 7. The van der Waals surface area contributed by atoms with E-state index in [4.69, 9.17) is 4.74 Å². The number of methoxy groups -OCH3 is 1. The summed E-state index contributed by atoms with van der Waals surface area (Å²) in [5.41, 5.74) is 0.689. The highest BCUT2D eigenvalue weighted by Crippen LogP contribution is 2.31. The van der Waals surface area contributed by atoms with E-state index in [2.05, 4.69) is 33.2 Å². The van der Waals surface area contributed by atoms with Gasteiger partial charge in [0.25, 0.3) is 0 Å². The number of aromatic nitrogens is 2. The molecular formula is C22H25N5O3S.